The number of carbonyl (C=O) groups is 1. The number of likely N-dealkylation sites (tertiary alicyclic amines) is 2. The van der Waals surface area contributed by atoms with Crippen LogP contribution in [0, 0.1) is 29.1 Å². The van der Waals surface area contributed by atoms with E-state index in [1.165, 1.54) is 0 Å². The van der Waals surface area contributed by atoms with E-state index in [1.54, 1.807) is 11.0 Å². The van der Waals surface area contributed by atoms with E-state index < -0.39 is 0 Å². The van der Waals surface area contributed by atoms with Crippen LogP contribution in [-0.2, 0) is 6.54 Å². The van der Waals surface area contributed by atoms with Gasteiger partial charge in [-0.15, -0.1) is 0 Å². The number of amides is 1. The molecule has 2 aliphatic rings. The highest BCUT2D eigenvalue weighted by molar-refractivity contribution is 5.92. The number of hydrogen-bond acceptors (Lipinski definition) is 4. The average molecular weight is 312 g/mol. The monoisotopic (exact) mass is 312 g/mol. The van der Waals surface area contributed by atoms with E-state index in [-0.39, 0.29) is 11.8 Å². The van der Waals surface area contributed by atoms with Crippen molar-refractivity contribution in [2.75, 3.05) is 26.2 Å². The highest BCUT2D eigenvalue weighted by Gasteiger charge is 2.30. The molecule has 1 amide bonds. The Bertz CT molecular complexity index is 616. The Morgan fingerprint density at radius 3 is 2.83 bits per heavy atom. The van der Waals surface area contributed by atoms with Gasteiger partial charge >= 0.3 is 0 Å². The van der Waals surface area contributed by atoms with Crippen LogP contribution in [0.4, 0.5) is 0 Å². The molecule has 2 fully saturated rings. The van der Waals surface area contributed by atoms with Gasteiger partial charge in [0.05, 0.1) is 17.7 Å². The van der Waals surface area contributed by atoms with Crippen molar-refractivity contribution in [3.63, 3.8) is 0 Å². The molecule has 5 nitrogen and oxygen atoms in total. The van der Waals surface area contributed by atoms with Gasteiger partial charge in [-0.3, -0.25) is 9.69 Å². The first-order valence-corrected chi connectivity index (χ1v) is 8.44. The molecule has 2 saturated heterocycles. The van der Waals surface area contributed by atoms with Crippen molar-refractivity contribution in [1.82, 2.24) is 14.8 Å². The van der Waals surface area contributed by atoms with E-state index in [1.807, 2.05) is 12.1 Å². The van der Waals surface area contributed by atoms with Crippen molar-refractivity contribution in [3.05, 3.63) is 29.6 Å². The summed E-state index contributed by atoms with van der Waals surface area (Å²) in [5, 5.41) is 8.96. The maximum absolute atomic E-state index is 12.5. The lowest BCUT2D eigenvalue weighted by Crippen LogP contribution is -2.48. The summed E-state index contributed by atoms with van der Waals surface area (Å²) < 4.78 is 0. The minimum atomic E-state index is -0.0479. The van der Waals surface area contributed by atoms with Crippen molar-refractivity contribution in [1.29, 1.82) is 5.26 Å². The lowest BCUT2D eigenvalue weighted by molar-refractivity contribution is 0.0600. The van der Waals surface area contributed by atoms with Crippen LogP contribution in [0.25, 0.3) is 0 Å². The Morgan fingerprint density at radius 1 is 1.39 bits per heavy atom. The number of hydrogen-bond donors (Lipinski definition) is 0. The fourth-order valence-corrected chi connectivity index (χ4v) is 3.29. The molecule has 0 unspecified atom stereocenters. The summed E-state index contributed by atoms with van der Waals surface area (Å²) in [4.78, 5) is 21.2. The number of pyridine rings is 1. The maximum atomic E-state index is 12.5. The van der Waals surface area contributed by atoms with Gasteiger partial charge in [0.2, 0.25) is 0 Å². The van der Waals surface area contributed by atoms with E-state index in [0.29, 0.717) is 18.8 Å². The Hall–Kier alpha value is -1.93. The Morgan fingerprint density at radius 2 is 2.17 bits per heavy atom. The number of nitriles is 1. The molecule has 0 spiro atoms. The first-order valence-electron chi connectivity index (χ1n) is 8.44. The van der Waals surface area contributed by atoms with Crippen LogP contribution in [-0.4, -0.2) is 46.9 Å². The van der Waals surface area contributed by atoms with Crippen LogP contribution in [0.15, 0.2) is 18.2 Å². The number of nitrogens with zero attached hydrogens (tertiary/aromatic N) is 4. The smallest absolute Gasteiger partial charge is 0.272 e. The second-order valence-electron chi connectivity index (χ2n) is 7.08. The molecule has 2 aliphatic heterocycles. The largest absolute Gasteiger partial charge is 0.336 e. The number of carbonyl (C=O) groups excluding carboxylic acids is 1. The van der Waals surface area contributed by atoms with Crippen LogP contribution in [0.5, 0.6) is 0 Å². The molecule has 0 aromatic carbocycles. The minimum absolute atomic E-state index is 0.0313. The van der Waals surface area contributed by atoms with Gasteiger partial charge in [0, 0.05) is 32.7 Å². The van der Waals surface area contributed by atoms with Gasteiger partial charge in [-0.1, -0.05) is 19.9 Å². The summed E-state index contributed by atoms with van der Waals surface area (Å²) in [6.07, 6.45) is 0.770. The molecule has 5 heteroatoms. The average Bonchev–Trinajstić information content (AvgIpc) is 2.98. The van der Waals surface area contributed by atoms with Crippen LogP contribution < -0.4 is 0 Å². The normalized spacial score (nSPS) is 22.2. The highest BCUT2D eigenvalue weighted by atomic mass is 16.2. The third-order valence-corrected chi connectivity index (χ3v) is 5.00. The molecule has 0 bridgehead atoms. The summed E-state index contributed by atoms with van der Waals surface area (Å²) in [5.41, 5.74) is 1.45. The highest BCUT2D eigenvalue weighted by Crippen LogP contribution is 2.24. The molecule has 3 rings (SSSR count). The summed E-state index contributed by atoms with van der Waals surface area (Å²) in [6.45, 7) is 8.77. The molecule has 1 atom stereocenters. The van der Waals surface area contributed by atoms with Gasteiger partial charge in [0.1, 0.15) is 5.69 Å². The summed E-state index contributed by atoms with van der Waals surface area (Å²) >= 11 is 0. The van der Waals surface area contributed by atoms with Crippen LogP contribution in [0.3, 0.4) is 0 Å². The van der Waals surface area contributed by atoms with Crippen LogP contribution in [0.2, 0.25) is 0 Å². The van der Waals surface area contributed by atoms with E-state index in [0.717, 1.165) is 43.6 Å². The van der Waals surface area contributed by atoms with Gasteiger partial charge in [-0.2, -0.15) is 5.26 Å². The van der Waals surface area contributed by atoms with Crippen molar-refractivity contribution in [3.8, 4) is 6.07 Å². The van der Waals surface area contributed by atoms with E-state index in [2.05, 4.69) is 29.8 Å². The molecule has 0 saturated carbocycles. The van der Waals surface area contributed by atoms with E-state index >= 15 is 0 Å². The standard InChI is InChI=1S/C18H24N4O/c1-13(2)15-10-21(11-15)12-16-4-3-5-17(20-16)18(23)22-7-6-14(8-19)9-22/h3-5,13-15H,6-7,9-12H2,1-2H3/t14-/m1/s1. The van der Waals surface area contributed by atoms with Crippen LogP contribution >= 0.6 is 0 Å². The Kier molecular flexibility index (Phi) is 4.63. The van der Waals surface area contributed by atoms with Gasteiger partial charge in [-0.05, 0) is 30.4 Å². The molecule has 0 aliphatic carbocycles. The second kappa shape index (κ2) is 6.67. The SMILES string of the molecule is CC(C)C1CN(Cc2cccc(C(=O)N3CC[C@H](C#N)C3)n2)C1. The maximum Gasteiger partial charge on any atom is 0.272 e. The fourth-order valence-electron chi connectivity index (χ4n) is 3.29. The van der Waals surface area contributed by atoms with E-state index in [4.69, 9.17) is 5.26 Å². The van der Waals surface area contributed by atoms with Crippen LogP contribution in [0.1, 0.15) is 36.5 Å². The number of rotatable bonds is 4. The van der Waals surface area contributed by atoms with Gasteiger partial charge in [0.25, 0.3) is 5.91 Å². The zero-order chi connectivity index (χ0) is 16.4. The fraction of sp³-hybridized carbons (Fsp3) is 0.611. The van der Waals surface area contributed by atoms with Crippen molar-refractivity contribution >= 4 is 5.91 Å². The van der Waals surface area contributed by atoms with Gasteiger partial charge in [0.15, 0.2) is 0 Å². The predicted octanol–water partition coefficient (Wildman–Crippen LogP) is 2.16. The zero-order valence-electron chi connectivity index (χ0n) is 13.9. The molecule has 1 aromatic rings. The third-order valence-electron chi connectivity index (χ3n) is 5.00. The lowest BCUT2D eigenvalue weighted by atomic mass is 9.88. The van der Waals surface area contributed by atoms with Gasteiger partial charge < -0.3 is 4.90 Å². The molecular weight excluding hydrogens is 288 g/mol. The van der Waals surface area contributed by atoms with Crippen molar-refractivity contribution < 1.29 is 4.79 Å². The quantitative estimate of drug-likeness (QED) is 0.855. The van der Waals surface area contributed by atoms with Gasteiger partial charge in [-0.25, -0.2) is 4.98 Å². The summed E-state index contributed by atoms with van der Waals surface area (Å²) in [5.74, 6) is 1.44. The summed E-state index contributed by atoms with van der Waals surface area (Å²) in [7, 11) is 0. The van der Waals surface area contributed by atoms with Crippen molar-refractivity contribution in [2.24, 2.45) is 17.8 Å². The number of aromatic nitrogens is 1. The molecular formula is C18H24N4O. The minimum Gasteiger partial charge on any atom is -0.336 e. The molecule has 23 heavy (non-hydrogen) atoms. The first-order chi connectivity index (χ1) is 11.1. The molecule has 0 radical (unpaired) electrons. The summed E-state index contributed by atoms with van der Waals surface area (Å²) in [6, 6.07) is 7.92. The zero-order valence-corrected chi connectivity index (χ0v) is 13.9. The topological polar surface area (TPSA) is 60.2 Å². The lowest BCUT2D eigenvalue weighted by Gasteiger charge is -2.41. The predicted molar refractivity (Wildman–Crippen MR) is 87.5 cm³/mol. The second-order valence-corrected chi connectivity index (χ2v) is 7.08. The molecule has 3 heterocycles. The van der Waals surface area contributed by atoms with Crippen molar-refractivity contribution in [2.45, 2.75) is 26.8 Å². The first kappa shape index (κ1) is 15.9. The third kappa shape index (κ3) is 3.53. The molecule has 122 valence electrons. The Balaban J connectivity index is 1.60. The Labute approximate surface area is 137 Å². The molecule has 1 aromatic heterocycles. The molecule has 0 N–H and O–H groups in total. The van der Waals surface area contributed by atoms with E-state index in [9.17, 15) is 4.79 Å².